The quantitative estimate of drug-likeness (QED) is 0.153. The molecule has 28 heavy (non-hydrogen) atoms. The van der Waals surface area contributed by atoms with Crippen LogP contribution in [0.15, 0.2) is 43.5 Å². The molecule has 1 aromatic rings. The van der Waals surface area contributed by atoms with E-state index in [1.165, 1.54) is 57.4 Å². The van der Waals surface area contributed by atoms with Crippen LogP contribution in [0.5, 0.6) is 11.5 Å². The number of hydrogen-bond acceptors (Lipinski definition) is 4. The third kappa shape index (κ3) is 10.7. The van der Waals surface area contributed by atoms with Gasteiger partial charge in [0.2, 0.25) is 0 Å². The first-order chi connectivity index (χ1) is 13.6. The number of aryl methyl sites for hydroxylation is 1. The first kappa shape index (κ1) is 23.7. The van der Waals surface area contributed by atoms with E-state index in [1.54, 1.807) is 12.1 Å². The Morgan fingerprint density at radius 1 is 0.750 bits per heavy atom. The standard InChI is InChI=1S/C24H34O4/c1-4-7-8-9-10-11-12-13-14-15-16-20-17-21(27-23(25)5-2)19-22(18-20)28-24(26)6-3/h5-6,17-19H,2-4,7-16H2,1H3. The van der Waals surface area contributed by atoms with E-state index in [9.17, 15) is 9.59 Å². The Balaban J connectivity index is 2.45. The van der Waals surface area contributed by atoms with Crippen LogP contribution in [0.4, 0.5) is 0 Å². The van der Waals surface area contributed by atoms with Gasteiger partial charge in [-0.25, -0.2) is 9.59 Å². The highest BCUT2D eigenvalue weighted by atomic mass is 16.5. The van der Waals surface area contributed by atoms with E-state index >= 15 is 0 Å². The Kier molecular flexibility index (Phi) is 12.4. The Bertz CT molecular complexity index is 593. The summed E-state index contributed by atoms with van der Waals surface area (Å²) in [6.07, 6.45) is 15.8. The largest absolute Gasteiger partial charge is 0.423 e. The van der Waals surface area contributed by atoms with Gasteiger partial charge in [-0.05, 0) is 30.5 Å². The second-order valence-electron chi connectivity index (χ2n) is 7.00. The van der Waals surface area contributed by atoms with E-state index in [0.29, 0.717) is 11.5 Å². The van der Waals surface area contributed by atoms with Crippen molar-refractivity contribution in [2.75, 3.05) is 0 Å². The van der Waals surface area contributed by atoms with Gasteiger partial charge in [-0.1, -0.05) is 77.9 Å². The minimum Gasteiger partial charge on any atom is -0.423 e. The van der Waals surface area contributed by atoms with Crippen LogP contribution >= 0.6 is 0 Å². The summed E-state index contributed by atoms with van der Waals surface area (Å²) < 4.78 is 10.4. The lowest BCUT2D eigenvalue weighted by Crippen LogP contribution is -2.06. The summed E-state index contributed by atoms with van der Waals surface area (Å²) >= 11 is 0. The van der Waals surface area contributed by atoms with Crippen molar-refractivity contribution < 1.29 is 19.1 Å². The molecule has 0 heterocycles. The fourth-order valence-electron chi connectivity index (χ4n) is 3.03. The molecule has 1 aromatic carbocycles. The van der Waals surface area contributed by atoms with E-state index in [4.69, 9.17) is 9.47 Å². The Morgan fingerprint density at radius 2 is 1.18 bits per heavy atom. The molecule has 1 rings (SSSR count). The van der Waals surface area contributed by atoms with E-state index in [-0.39, 0.29) is 0 Å². The van der Waals surface area contributed by atoms with Gasteiger partial charge in [-0.15, -0.1) is 0 Å². The zero-order chi connectivity index (χ0) is 20.6. The van der Waals surface area contributed by atoms with Crippen LogP contribution in [-0.4, -0.2) is 11.9 Å². The maximum Gasteiger partial charge on any atom is 0.335 e. The minimum absolute atomic E-state index is 0.348. The average molecular weight is 387 g/mol. The Morgan fingerprint density at radius 3 is 1.61 bits per heavy atom. The molecule has 0 aromatic heterocycles. The summed E-state index contributed by atoms with van der Waals surface area (Å²) in [5.41, 5.74) is 0.973. The normalized spacial score (nSPS) is 10.3. The van der Waals surface area contributed by atoms with Crippen molar-refractivity contribution in [2.24, 2.45) is 0 Å². The molecule has 0 spiro atoms. The predicted molar refractivity (Wildman–Crippen MR) is 114 cm³/mol. The van der Waals surface area contributed by atoms with E-state index in [0.717, 1.165) is 37.0 Å². The number of hydrogen-bond donors (Lipinski definition) is 0. The highest BCUT2D eigenvalue weighted by Crippen LogP contribution is 2.25. The van der Waals surface area contributed by atoms with E-state index in [1.807, 2.05) is 0 Å². The zero-order valence-electron chi connectivity index (χ0n) is 17.2. The Hall–Kier alpha value is -2.36. The smallest absolute Gasteiger partial charge is 0.335 e. The van der Waals surface area contributed by atoms with Gasteiger partial charge in [0, 0.05) is 18.2 Å². The number of rotatable bonds is 15. The number of benzene rings is 1. The Labute approximate surface area is 169 Å². The van der Waals surface area contributed by atoms with Crippen LogP contribution in [-0.2, 0) is 16.0 Å². The van der Waals surface area contributed by atoms with Gasteiger partial charge in [-0.2, -0.15) is 0 Å². The van der Waals surface area contributed by atoms with Crippen molar-refractivity contribution in [3.63, 3.8) is 0 Å². The number of carbonyl (C=O) groups is 2. The molecule has 0 unspecified atom stereocenters. The predicted octanol–water partition coefficient (Wildman–Crippen LogP) is 6.33. The molecule has 0 fully saturated rings. The molecule has 4 nitrogen and oxygen atoms in total. The van der Waals surface area contributed by atoms with Gasteiger partial charge in [0.25, 0.3) is 0 Å². The number of unbranched alkanes of at least 4 members (excludes halogenated alkanes) is 9. The summed E-state index contributed by atoms with van der Waals surface area (Å²) in [5.74, 6) is -0.392. The van der Waals surface area contributed by atoms with Crippen LogP contribution in [0.25, 0.3) is 0 Å². The van der Waals surface area contributed by atoms with Gasteiger partial charge in [0.15, 0.2) is 0 Å². The molecular formula is C24H34O4. The van der Waals surface area contributed by atoms with Crippen molar-refractivity contribution >= 4 is 11.9 Å². The van der Waals surface area contributed by atoms with Crippen LogP contribution in [0.2, 0.25) is 0 Å². The molecule has 154 valence electrons. The fraction of sp³-hybridized carbons (Fsp3) is 0.500. The van der Waals surface area contributed by atoms with Crippen molar-refractivity contribution in [1.82, 2.24) is 0 Å². The van der Waals surface area contributed by atoms with Crippen LogP contribution in [0.1, 0.15) is 76.7 Å². The summed E-state index contributed by atoms with van der Waals surface area (Å²) in [6, 6.07) is 5.13. The summed E-state index contributed by atoms with van der Waals surface area (Å²) in [4.78, 5) is 22.9. The van der Waals surface area contributed by atoms with Gasteiger partial charge >= 0.3 is 11.9 Å². The highest BCUT2D eigenvalue weighted by Gasteiger charge is 2.08. The lowest BCUT2D eigenvalue weighted by molar-refractivity contribution is -0.129. The van der Waals surface area contributed by atoms with Gasteiger partial charge in [0.1, 0.15) is 11.5 Å². The lowest BCUT2D eigenvalue weighted by Gasteiger charge is -2.09. The SMILES string of the molecule is C=CC(=O)Oc1cc(CCCCCCCCCCCC)cc(OC(=O)C=C)c1. The topological polar surface area (TPSA) is 52.6 Å². The molecule has 0 aliphatic rings. The maximum atomic E-state index is 11.5. The third-order valence-corrected chi connectivity index (χ3v) is 4.53. The molecule has 0 radical (unpaired) electrons. The molecule has 0 saturated heterocycles. The van der Waals surface area contributed by atoms with Crippen molar-refractivity contribution in [3.8, 4) is 11.5 Å². The number of ether oxygens (including phenoxy) is 2. The molecule has 0 aliphatic carbocycles. The van der Waals surface area contributed by atoms with Gasteiger partial charge in [0.05, 0.1) is 0 Å². The number of carbonyl (C=O) groups excluding carboxylic acids is 2. The first-order valence-electron chi connectivity index (χ1n) is 10.4. The summed E-state index contributed by atoms with van der Waals surface area (Å²) in [7, 11) is 0. The number of esters is 2. The molecule has 0 atom stereocenters. The van der Waals surface area contributed by atoms with E-state index < -0.39 is 11.9 Å². The minimum atomic E-state index is -0.544. The van der Waals surface area contributed by atoms with Crippen LogP contribution in [0.3, 0.4) is 0 Å². The molecule has 4 heteroatoms. The van der Waals surface area contributed by atoms with Gasteiger partial charge < -0.3 is 9.47 Å². The van der Waals surface area contributed by atoms with Crippen LogP contribution < -0.4 is 9.47 Å². The molecule has 0 N–H and O–H groups in total. The summed E-state index contributed by atoms with van der Waals surface area (Å²) in [6.45, 7) is 9.03. The molecule has 0 bridgehead atoms. The maximum absolute atomic E-state index is 11.5. The summed E-state index contributed by atoms with van der Waals surface area (Å²) in [5, 5.41) is 0. The zero-order valence-corrected chi connectivity index (χ0v) is 17.2. The molecular weight excluding hydrogens is 352 g/mol. The van der Waals surface area contributed by atoms with Crippen molar-refractivity contribution in [2.45, 2.75) is 77.6 Å². The second kappa shape index (κ2) is 14.7. The highest BCUT2D eigenvalue weighted by molar-refractivity contribution is 5.84. The monoisotopic (exact) mass is 386 g/mol. The second-order valence-corrected chi connectivity index (χ2v) is 7.00. The molecule has 0 saturated carbocycles. The third-order valence-electron chi connectivity index (χ3n) is 4.53. The molecule has 0 aliphatic heterocycles. The van der Waals surface area contributed by atoms with E-state index in [2.05, 4.69) is 20.1 Å². The average Bonchev–Trinajstić information content (AvgIpc) is 2.69. The van der Waals surface area contributed by atoms with Crippen molar-refractivity contribution in [1.29, 1.82) is 0 Å². The lowest BCUT2D eigenvalue weighted by atomic mass is 10.0. The fourth-order valence-corrected chi connectivity index (χ4v) is 3.03. The molecule has 0 amide bonds. The van der Waals surface area contributed by atoms with Gasteiger partial charge in [-0.3, -0.25) is 0 Å². The van der Waals surface area contributed by atoms with Crippen molar-refractivity contribution in [3.05, 3.63) is 49.1 Å². The van der Waals surface area contributed by atoms with Crippen LogP contribution in [0, 0.1) is 0 Å². The first-order valence-corrected chi connectivity index (χ1v) is 10.4.